The monoisotopic (exact) mass is 496 g/mol. The number of carbonyl (C=O) groups excluding carboxylic acids is 2. The van der Waals surface area contributed by atoms with Gasteiger partial charge in [0.05, 0.1) is 12.8 Å². The largest absolute Gasteiger partial charge is 0.459 e. The summed E-state index contributed by atoms with van der Waals surface area (Å²) in [7, 11) is 0. The van der Waals surface area contributed by atoms with Crippen molar-refractivity contribution in [1.29, 1.82) is 0 Å². The minimum Gasteiger partial charge on any atom is -0.459 e. The van der Waals surface area contributed by atoms with E-state index in [1.54, 1.807) is 0 Å². The van der Waals surface area contributed by atoms with E-state index < -0.39 is 80.5 Å². The Morgan fingerprint density at radius 3 is 1.42 bits per heavy atom. The normalized spacial score (nSPS) is 15.1. The number of hydrogen-bond acceptors (Lipinski definition) is 4. The molecule has 184 valence electrons. The maximum atomic E-state index is 13.1. The van der Waals surface area contributed by atoms with E-state index in [9.17, 15) is 71.1 Å². The molecule has 4 nitrogen and oxygen atoms in total. The quantitative estimate of drug-likeness (QED) is 0.311. The molecule has 31 heavy (non-hydrogen) atoms. The van der Waals surface area contributed by atoms with E-state index in [0.717, 1.165) is 0 Å². The summed E-state index contributed by atoms with van der Waals surface area (Å²) in [4.78, 5) is 22.1. The van der Waals surface area contributed by atoms with E-state index >= 15 is 0 Å². The number of ether oxygens (including phenoxy) is 2. The highest BCUT2D eigenvalue weighted by atomic mass is 19.4. The van der Waals surface area contributed by atoms with Gasteiger partial charge in [-0.15, -0.1) is 0 Å². The number of alkyl halides is 14. The molecule has 0 bridgehead atoms. The molecular formula is C13H10F14O4. The van der Waals surface area contributed by atoms with Crippen LogP contribution in [-0.4, -0.2) is 67.6 Å². The van der Waals surface area contributed by atoms with Crippen molar-refractivity contribution in [2.24, 2.45) is 0 Å². The summed E-state index contributed by atoms with van der Waals surface area (Å²) >= 11 is 0. The van der Waals surface area contributed by atoms with Crippen LogP contribution in [0, 0.1) is 0 Å². The van der Waals surface area contributed by atoms with Gasteiger partial charge < -0.3 is 9.47 Å². The van der Waals surface area contributed by atoms with Gasteiger partial charge in [0.1, 0.15) is 0 Å². The Morgan fingerprint density at radius 2 is 1.06 bits per heavy atom. The molecule has 1 unspecified atom stereocenters. The van der Waals surface area contributed by atoms with Gasteiger partial charge in [0.2, 0.25) is 0 Å². The fraction of sp³-hybridized carbons (Fsp3) is 0.846. The summed E-state index contributed by atoms with van der Waals surface area (Å²) < 4.78 is 182. The van der Waals surface area contributed by atoms with Crippen molar-refractivity contribution in [2.75, 3.05) is 13.2 Å². The van der Waals surface area contributed by atoms with Gasteiger partial charge in [-0.05, 0) is 0 Å². The predicted octanol–water partition coefficient (Wildman–Crippen LogP) is 4.56. The second kappa shape index (κ2) is 9.62. The SMILES string of the molecule is O=C(CCC(=O)OCC(F)(F)C(F)(F)C(F)(F)C(F)F)OCC(F)(F)C(F)C(F)(F)F. The number of hydrogen-bond donors (Lipinski definition) is 0. The van der Waals surface area contributed by atoms with E-state index in [4.69, 9.17) is 0 Å². The second-order valence-corrected chi connectivity index (χ2v) is 5.69. The minimum absolute atomic E-state index is 1.38. The smallest absolute Gasteiger partial charge is 0.425 e. The van der Waals surface area contributed by atoms with Crippen LogP contribution < -0.4 is 0 Å². The van der Waals surface area contributed by atoms with Gasteiger partial charge in [-0.25, -0.2) is 13.2 Å². The van der Waals surface area contributed by atoms with Crippen LogP contribution >= 0.6 is 0 Å². The molecule has 0 fully saturated rings. The van der Waals surface area contributed by atoms with Crippen molar-refractivity contribution in [1.82, 2.24) is 0 Å². The molecule has 1 atom stereocenters. The molecule has 0 aromatic rings. The Kier molecular flexibility index (Phi) is 8.99. The Bertz CT molecular complexity index is 630. The number of rotatable bonds is 11. The first-order chi connectivity index (χ1) is 13.6. The third-order valence-corrected chi connectivity index (χ3v) is 3.18. The maximum absolute atomic E-state index is 13.1. The summed E-state index contributed by atoms with van der Waals surface area (Å²) in [6.45, 7) is -5.31. The molecule has 0 N–H and O–H groups in total. The molecule has 0 spiro atoms. The molecule has 0 aromatic heterocycles. The zero-order valence-electron chi connectivity index (χ0n) is 14.4. The lowest BCUT2D eigenvalue weighted by Crippen LogP contribution is -2.59. The van der Waals surface area contributed by atoms with E-state index in [1.807, 2.05) is 0 Å². The van der Waals surface area contributed by atoms with Crippen molar-refractivity contribution in [3.05, 3.63) is 0 Å². The number of esters is 2. The fourth-order valence-electron chi connectivity index (χ4n) is 1.48. The number of carbonyl (C=O) groups is 2. The summed E-state index contributed by atoms with van der Waals surface area (Å²) in [5, 5.41) is 0. The van der Waals surface area contributed by atoms with Crippen LogP contribution in [0.4, 0.5) is 61.5 Å². The second-order valence-electron chi connectivity index (χ2n) is 5.69. The first kappa shape index (κ1) is 29.0. The van der Waals surface area contributed by atoms with Gasteiger partial charge in [0.15, 0.2) is 13.2 Å². The van der Waals surface area contributed by atoms with Crippen LogP contribution in [0.3, 0.4) is 0 Å². The van der Waals surface area contributed by atoms with E-state index in [0.29, 0.717) is 0 Å². The predicted molar refractivity (Wildman–Crippen MR) is 67.9 cm³/mol. The molecule has 0 aliphatic heterocycles. The summed E-state index contributed by atoms with van der Waals surface area (Å²) in [5.74, 6) is -28.4. The Balaban J connectivity index is 4.69. The van der Waals surface area contributed by atoms with Gasteiger partial charge in [-0.2, -0.15) is 48.3 Å². The molecule has 0 aliphatic rings. The molecule has 0 amide bonds. The zero-order chi connectivity index (χ0) is 25.1. The zero-order valence-corrected chi connectivity index (χ0v) is 14.4. The van der Waals surface area contributed by atoms with Crippen LogP contribution in [0.1, 0.15) is 12.8 Å². The van der Waals surface area contributed by atoms with Gasteiger partial charge >= 0.3 is 48.2 Å². The molecule has 0 rings (SSSR count). The van der Waals surface area contributed by atoms with Crippen molar-refractivity contribution >= 4 is 11.9 Å². The Morgan fingerprint density at radius 1 is 0.677 bits per heavy atom. The lowest BCUT2D eigenvalue weighted by atomic mass is 10.1. The van der Waals surface area contributed by atoms with Gasteiger partial charge in [-0.3, -0.25) is 9.59 Å². The molecule has 0 aliphatic carbocycles. The maximum Gasteiger partial charge on any atom is 0.425 e. The molecule has 0 heterocycles. The lowest BCUT2D eigenvalue weighted by Gasteiger charge is -2.31. The van der Waals surface area contributed by atoms with Crippen molar-refractivity contribution < 1.29 is 80.5 Å². The molecule has 0 aromatic carbocycles. The highest BCUT2D eigenvalue weighted by Crippen LogP contribution is 2.48. The summed E-state index contributed by atoms with van der Waals surface area (Å²) in [5.41, 5.74) is 0. The van der Waals surface area contributed by atoms with Crippen LogP contribution in [0.5, 0.6) is 0 Å². The first-order valence-corrected chi connectivity index (χ1v) is 7.41. The highest BCUT2D eigenvalue weighted by Gasteiger charge is 2.75. The average Bonchev–Trinajstić information content (AvgIpc) is 2.61. The fourth-order valence-corrected chi connectivity index (χ4v) is 1.48. The van der Waals surface area contributed by atoms with Gasteiger partial charge in [-0.1, -0.05) is 0 Å². The summed E-state index contributed by atoms with van der Waals surface area (Å²) in [6, 6.07) is 0. The minimum atomic E-state index is -6.68. The van der Waals surface area contributed by atoms with Crippen molar-refractivity contribution in [2.45, 2.75) is 55.3 Å². The van der Waals surface area contributed by atoms with Gasteiger partial charge in [0.25, 0.3) is 6.17 Å². The topological polar surface area (TPSA) is 52.6 Å². The molecule has 18 heteroatoms. The lowest BCUT2D eigenvalue weighted by molar-refractivity contribution is -0.344. The molecule has 0 radical (unpaired) electrons. The van der Waals surface area contributed by atoms with Crippen LogP contribution in [0.2, 0.25) is 0 Å². The molecule has 0 saturated heterocycles. The van der Waals surface area contributed by atoms with Crippen LogP contribution in [-0.2, 0) is 19.1 Å². The van der Waals surface area contributed by atoms with Gasteiger partial charge in [0, 0.05) is 0 Å². The third kappa shape index (κ3) is 7.26. The highest BCUT2D eigenvalue weighted by molar-refractivity contribution is 5.77. The van der Waals surface area contributed by atoms with Crippen LogP contribution in [0.15, 0.2) is 0 Å². The van der Waals surface area contributed by atoms with Crippen molar-refractivity contribution in [3.8, 4) is 0 Å². The molecule has 0 saturated carbocycles. The van der Waals surface area contributed by atoms with Crippen molar-refractivity contribution in [3.63, 3.8) is 0 Å². The Hall–Kier alpha value is -2.04. The average molecular weight is 496 g/mol. The van der Waals surface area contributed by atoms with E-state index in [2.05, 4.69) is 9.47 Å². The third-order valence-electron chi connectivity index (χ3n) is 3.18. The molecular weight excluding hydrogens is 486 g/mol. The standard InChI is InChI=1S/C13H10F14O4/c14-7(12(23,24)25)9(17,18)3-30-5(28)1-2-6(29)31-4-10(19,20)13(26,27)11(21,22)8(15)16/h7-8H,1-4H2. The number of halogens is 14. The first-order valence-electron chi connectivity index (χ1n) is 7.41. The van der Waals surface area contributed by atoms with E-state index in [1.165, 1.54) is 0 Å². The summed E-state index contributed by atoms with van der Waals surface area (Å²) in [6.07, 6.45) is -18.8. The van der Waals surface area contributed by atoms with E-state index in [-0.39, 0.29) is 0 Å². The Labute approximate surface area is 162 Å². The van der Waals surface area contributed by atoms with Crippen LogP contribution in [0.25, 0.3) is 0 Å².